The molecule has 0 aromatic heterocycles. The van der Waals surface area contributed by atoms with Gasteiger partial charge in [0, 0.05) is 23.7 Å². The first-order valence-electron chi connectivity index (χ1n) is 9.06. The Balaban J connectivity index is 1.72. The number of benzene rings is 1. The molecular weight excluding hydrogens is 416 g/mol. The standard InChI is InChI=1S/C20H21ClN2O3S2/c1-13(18-19(25)22-20(27)28-18)5-6-14-11-15(21)7-8-16(14)26-12-17(24)23-9-3-2-4-10-23/h5-8,11H,2-4,9-10,12H2,1H3,(H,22,25,27). The summed E-state index contributed by atoms with van der Waals surface area (Å²) in [7, 11) is 0. The largest absolute Gasteiger partial charge is 0.483 e. The van der Waals surface area contributed by atoms with E-state index in [1.54, 1.807) is 18.2 Å². The van der Waals surface area contributed by atoms with Crippen molar-refractivity contribution in [3.63, 3.8) is 0 Å². The van der Waals surface area contributed by atoms with Gasteiger partial charge in [-0.15, -0.1) is 0 Å². The van der Waals surface area contributed by atoms with Crippen molar-refractivity contribution in [3.8, 4) is 5.75 Å². The van der Waals surface area contributed by atoms with E-state index in [1.165, 1.54) is 18.2 Å². The van der Waals surface area contributed by atoms with Gasteiger partial charge in [0.2, 0.25) is 0 Å². The van der Waals surface area contributed by atoms with E-state index in [0.29, 0.717) is 20.0 Å². The van der Waals surface area contributed by atoms with Crippen LogP contribution in [0.25, 0.3) is 6.08 Å². The van der Waals surface area contributed by atoms with Gasteiger partial charge in [-0.25, -0.2) is 0 Å². The van der Waals surface area contributed by atoms with Crippen LogP contribution in [0.4, 0.5) is 0 Å². The number of hydrogen-bond donors (Lipinski definition) is 1. The number of allylic oxidation sites excluding steroid dienone is 2. The number of nitrogens with zero attached hydrogens (tertiary/aromatic N) is 1. The van der Waals surface area contributed by atoms with Crippen LogP contribution in [-0.4, -0.2) is 40.7 Å². The molecule has 0 aliphatic carbocycles. The van der Waals surface area contributed by atoms with Crippen LogP contribution in [0.15, 0.2) is 34.8 Å². The molecule has 2 heterocycles. The summed E-state index contributed by atoms with van der Waals surface area (Å²) in [5.74, 6) is 0.380. The first-order chi connectivity index (χ1) is 13.4. The number of piperidine rings is 1. The van der Waals surface area contributed by atoms with Crippen LogP contribution in [0, 0.1) is 0 Å². The smallest absolute Gasteiger partial charge is 0.263 e. The van der Waals surface area contributed by atoms with Crippen LogP contribution in [-0.2, 0) is 9.59 Å². The summed E-state index contributed by atoms with van der Waals surface area (Å²) < 4.78 is 6.24. The van der Waals surface area contributed by atoms with Crippen molar-refractivity contribution in [1.29, 1.82) is 0 Å². The fourth-order valence-electron chi connectivity index (χ4n) is 3.02. The van der Waals surface area contributed by atoms with Crippen LogP contribution in [0.2, 0.25) is 5.02 Å². The predicted octanol–water partition coefficient (Wildman–Crippen LogP) is 4.17. The SMILES string of the molecule is CC(C=Cc1cc(Cl)ccc1OCC(=O)N1CCCCC1)=C1SC(=S)NC1=O. The third kappa shape index (κ3) is 5.37. The molecule has 148 valence electrons. The molecule has 8 heteroatoms. The van der Waals surface area contributed by atoms with Gasteiger partial charge < -0.3 is 15.0 Å². The lowest BCUT2D eigenvalue weighted by atomic mass is 10.1. The van der Waals surface area contributed by atoms with Gasteiger partial charge in [0.15, 0.2) is 6.61 Å². The molecule has 3 rings (SSSR count). The highest BCUT2D eigenvalue weighted by Gasteiger charge is 2.23. The minimum absolute atomic E-state index is 0.00424. The first-order valence-corrected chi connectivity index (χ1v) is 10.7. The van der Waals surface area contributed by atoms with Gasteiger partial charge in [0.1, 0.15) is 10.1 Å². The molecule has 2 aliphatic heterocycles. The monoisotopic (exact) mass is 436 g/mol. The Hall–Kier alpha value is -1.83. The molecule has 0 unspecified atom stereocenters. The van der Waals surface area contributed by atoms with Crippen LogP contribution < -0.4 is 10.1 Å². The van der Waals surface area contributed by atoms with E-state index in [9.17, 15) is 9.59 Å². The Morgan fingerprint density at radius 1 is 1.36 bits per heavy atom. The zero-order valence-electron chi connectivity index (χ0n) is 15.5. The second-order valence-corrected chi connectivity index (χ2v) is 8.73. The summed E-state index contributed by atoms with van der Waals surface area (Å²) in [5.41, 5.74) is 1.53. The van der Waals surface area contributed by atoms with Gasteiger partial charge in [-0.1, -0.05) is 47.7 Å². The lowest BCUT2D eigenvalue weighted by Gasteiger charge is -2.26. The van der Waals surface area contributed by atoms with E-state index >= 15 is 0 Å². The molecular formula is C20H21ClN2O3S2. The summed E-state index contributed by atoms with van der Waals surface area (Å²) in [5, 5.41) is 3.17. The molecule has 0 spiro atoms. The normalized spacial score (nSPS) is 19.1. The minimum atomic E-state index is -0.188. The maximum Gasteiger partial charge on any atom is 0.263 e. The van der Waals surface area contributed by atoms with Crippen molar-refractivity contribution in [3.05, 3.63) is 45.3 Å². The molecule has 0 radical (unpaired) electrons. The Kier molecular flexibility index (Phi) is 7.15. The number of ether oxygens (including phenoxy) is 1. The molecule has 0 atom stereocenters. The number of rotatable bonds is 5. The Morgan fingerprint density at radius 2 is 2.11 bits per heavy atom. The number of likely N-dealkylation sites (tertiary alicyclic amines) is 1. The lowest BCUT2D eigenvalue weighted by molar-refractivity contribution is -0.134. The van der Waals surface area contributed by atoms with Crippen LogP contribution in [0.1, 0.15) is 31.7 Å². The van der Waals surface area contributed by atoms with E-state index in [2.05, 4.69) is 5.32 Å². The van der Waals surface area contributed by atoms with E-state index in [1.807, 2.05) is 24.0 Å². The van der Waals surface area contributed by atoms with Gasteiger partial charge in [0.25, 0.3) is 11.8 Å². The molecule has 1 N–H and O–H groups in total. The lowest BCUT2D eigenvalue weighted by Crippen LogP contribution is -2.38. The molecule has 2 aliphatic rings. The number of amides is 2. The zero-order chi connectivity index (χ0) is 20.1. The third-order valence-corrected chi connectivity index (χ3v) is 6.11. The summed E-state index contributed by atoms with van der Waals surface area (Å²) in [6, 6.07) is 5.24. The molecule has 28 heavy (non-hydrogen) atoms. The number of thioether (sulfide) groups is 1. The predicted molar refractivity (Wildman–Crippen MR) is 117 cm³/mol. The zero-order valence-corrected chi connectivity index (χ0v) is 17.9. The topological polar surface area (TPSA) is 58.6 Å². The quantitative estimate of drug-likeness (QED) is 0.554. The molecule has 0 saturated carbocycles. The maximum atomic E-state index is 12.3. The summed E-state index contributed by atoms with van der Waals surface area (Å²) >= 11 is 12.4. The van der Waals surface area contributed by atoms with Crippen molar-refractivity contribution in [1.82, 2.24) is 10.2 Å². The summed E-state index contributed by atoms with van der Waals surface area (Å²) in [6.45, 7) is 3.43. The second-order valence-electron chi connectivity index (χ2n) is 6.60. The van der Waals surface area contributed by atoms with Gasteiger partial charge in [-0.05, 0) is 50.0 Å². The minimum Gasteiger partial charge on any atom is -0.483 e. The van der Waals surface area contributed by atoms with E-state index < -0.39 is 0 Å². The van der Waals surface area contributed by atoms with Crippen molar-refractivity contribution >= 4 is 57.8 Å². The Labute approximate surface area is 179 Å². The Bertz CT molecular complexity index is 861. The van der Waals surface area contributed by atoms with E-state index in [0.717, 1.165) is 37.1 Å². The maximum absolute atomic E-state index is 12.3. The van der Waals surface area contributed by atoms with Gasteiger partial charge in [0.05, 0.1) is 4.91 Å². The van der Waals surface area contributed by atoms with Crippen LogP contribution in [0.5, 0.6) is 5.75 Å². The number of nitrogens with one attached hydrogen (secondary N) is 1. The van der Waals surface area contributed by atoms with Crippen molar-refractivity contribution < 1.29 is 14.3 Å². The van der Waals surface area contributed by atoms with Crippen molar-refractivity contribution in [2.45, 2.75) is 26.2 Å². The van der Waals surface area contributed by atoms with E-state index in [4.69, 9.17) is 28.6 Å². The highest BCUT2D eigenvalue weighted by atomic mass is 35.5. The number of thiocarbonyl (C=S) groups is 1. The molecule has 1 aromatic rings. The molecule has 0 bridgehead atoms. The highest BCUT2D eigenvalue weighted by Crippen LogP contribution is 2.29. The van der Waals surface area contributed by atoms with Gasteiger partial charge >= 0.3 is 0 Å². The molecule has 2 fully saturated rings. The van der Waals surface area contributed by atoms with E-state index in [-0.39, 0.29) is 18.4 Å². The Morgan fingerprint density at radius 3 is 2.79 bits per heavy atom. The number of carbonyl (C=O) groups is 2. The summed E-state index contributed by atoms with van der Waals surface area (Å²) in [4.78, 5) is 26.7. The van der Waals surface area contributed by atoms with Gasteiger partial charge in [-0.3, -0.25) is 9.59 Å². The second kappa shape index (κ2) is 9.58. The van der Waals surface area contributed by atoms with Crippen LogP contribution >= 0.6 is 35.6 Å². The molecule has 5 nitrogen and oxygen atoms in total. The number of carbonyl (C=O) groups excluding carboxylic acids is 2. The molecule has 2 amide bonds. The average Bonchev–Trinajstić information content (AvgIpc) is 3.04. The van der Waals surface area contributed by atoms with Crippen molar-refractivity contribution in [2.75, 3.05) is 19.7 Å². The van der Waals surface area contributed by atoms with Crippen LogP contribution in [0.3, 0.4) is 0 Å². The fraction of sp³-hybridized carbons (Fsp3) is 0.350. The van der Waals surface area contributed by atoms with Crippen molar-refractivity contribution in [2.24, 2.45) is 0 Å². The highest BCUT2D eigenvalue weighted by molar-refractivity contribution is 8.26. The number of halogens is 1. The third-order valence-electron chi connectivity index (χ3n) is 4.52. The first kappa shape index (κ1) is 20.9. The van der Waals surface area contributed by atoms with Gasteiger partial charge in [-0.2, -0.15) is 0 Å². The fourth-order valence-corrected chi connectivity index (χ4v) is 4.24. The molecule has 1 aromatic carbocycles. The average molecular weight is 437 g/mol. The molecule has 2 saturated heterocycles. The number of hydrogen-bond acceptors (Lipinski definition) is 5. The summed E-state index contributed by atoms with van der Waals surface area (Å²) in [6.07, 6.45) is 6.91.